The van der Waals surface area contributed by atoms with Crippen molar-refractivity contribution in [2.45, 2.75) is 70.6 Å². The van der Waals surface area contributed by atoms with Crippen molar-refractivity contribution in [1.82, 2.24) is 19.5 Å². The molecule has 5 heterocycles. The number of hydrogen-bond acceptors (Lipinski definition) is 9. The summed E-state index contributed by atoms with van der Waals surface area (Å²) in [6.07, 6.45) is 1.50. The third-order valence-electron chi connectivity index (χ3n) is 6.77. The first-order valence-corrected chi connectivity index (χ1v) is 13.8. The second-order valence-corrected chi connectivity index (χ2v) is 13.9. The smallest absolute Gasteiger partial charge is 0.380 e. The van der Waals surface area contributed by atoms with Crippen LogP contribution in [0.2, 0.25) is 11.1 Å². The monoisotopic (exact) mass is 488 g/mol. The van der Waals surface area contributed by atoms with Gasteiger partial charge in [-0.05, 0) is 17.5 Å². The molecule has 0 aromatic carbocycles. The van der Waals surface area contributed by atoms with E-state index in [1.807, 2.05) is 4.57 Å². The Kier molecular flexibility index (Phi) is 5.97. The molecule has 5 rings (SSSR count). The van der Waals surface area contributed by atoms with E-state index in [1.54, 1.807) is 6.33 Å². The molecule has 184 valence electrons. The van der Waals surface area contributed by atoms with E-state index >= 15 is 0 Å². The van der Waals surface area contributed by atoms with E-state index in [2.05, 4.69) is 59.4 Å². The number of hydrogen-bond donors (Lipinski definition) is 1. The van der Waals surface area contributed by atoms with Gasteiger partial charge >= 0.3 is 8.56 Å². The lowest BCUT2D eigenvalue weighted by Gasteiger charge is -2.36. The first-order chi connectivity index (χ1) is 16.2. The number of amides is 1. The van der Waals surface area contributed by atoms with Crippen LogP contribution < -0.4 is 10.2 Å². The fraction of sp³-hybridized carbons (Fsp3) is 0.636. The van der Waals surface area contributed by atoms with Crippen LogP contribution in [0.1, 0.15) is 47.3 Å². The second kappa shape index (κ2) is 8.68. The van der Waals surface area contributed by atoms with Crippen LogP contribution in [0.5, 0.6) is 0 Å². The maximum atomic E-state index is 11.7. The quantitative estimate of drug-likeness (QED) is 0.385. The fourth-order valence-electron chi connectivity index (χ4n) is 4.80. The minimum Gasteiger partial charge on any atom is -0.382 e. The molecule has 0 bridgehead atoms. The van der Waals surface area contributed by atoms with Gasteiger partial charge in [-0.3, -0.25) is 19.3 Å². The summed E-state index contributed by atoms with van der Waals surface area (Å²) in [5.74, 6) is 0.703. The van der Waals surface area contributed by atoms with Crippen molar-refractivity contribution in [3.63, 3.8) is 0 Å². The lowest BCUT2D eigenvalue weighted by Crippen LogP contribution is -2.50. The van der Waals surface area contributed by atoms with Crippen LogP contribution in [-0.2, 0) is 23.4 Å². The number of rotatable bonds is 5. The number of nitrogens with zero attached hydrogens (tertiary/aromatic N) is 5. The number of carbonyl (C=O) groups is 1. The summed E-state index contributed by atoms with van der Waals surface area (Å²) in [6.45, 7) is 16.2. The predicted molar refractivity (Wildman–Crippen MR) is 127 cm³/mol. The molecule has 11 nitrogen and oxygen atoms in total. The van der Waals surface area contributed by atoms with Crippen molar-refractivity contribution < 1.29 is 23.4 Å². The van der Waals surface area contributed by atoms with Crippen molar-refractivity contribution in [2.24, 2.45) is 0 Å². The van der Waals surface area contributed by atoms with Crippen molar-refractivity contribution in [2.75, 3.05) is 29.9 Å². The molecule has 3 aliphatic heterocycles. The Hall–Kier alpha value is -2.38. The molecular formula is C22H32N6O5Si. The maximum absolute atomic E-state index is 11.7. The number of aromatic nitrogens is 4. The first kappa shape index (κ1) is 23.4. The molecule has 2 aromatic heterocycles. The van der Waals surface area contributed by atoms with E-state index in [-0.39, 0.29) is 41.8 Å². The van der Waals surface area contributed by atoms with Crippen molar-refractivity contribution >= 4 is 37.4 Å². The van der Waals surface area contributed by atoms with Gasteiger partial charge in [0.15, 0.2) is 23.2 Å². The molecule has 3 saturated heterocycles. The summed E-state index contributed by atoms with van der Waals surface area (Å²) in [7, 11) is -2.70. The van der Waals surface area contributed by atoms with Crippen LogP contribution in [0.3, 0.4) is 0 Å². The molecule has 3 fully saturated rings. The van der Waals surface area contributed by atoms with Crippen molar-refractivity contribution in [3.8, 4) is 0 Å². The lowest BCUT2D eigenvalue weighted by atomic mass is 10.1. The molecule has 3 atom stereocenters. The molecule has 1 N–H and O–H groups in total. The van der Waals surface area contributed by atoms with Crippen LogP contribution in [-0.4, -0.2) is 65.9 Å². The van der Waals surface area contributed by atoms with Gasteiger partial charge in [-0.25, -0.2) is 9.87 Å². The fourth-order valence-corrected chi connectivity index (χ4v) is 8.06. The highest BCUT2D eigenvalue weighted by Crippen LogP contribution is 2.45. The summed E-state index contributed by atoms with van der Waals surface area (Å²) in [6, 6.07) is 0. The van der Waals surface area contributed by atoms with E-state index in [9.17, 15) is 4.79 Å². The van der Waals surface area contributed by atoms with Crippen LogP contribution in [0.4, 0.5) is 11.8 Å². The van der Waals surface area contributed by atoms with E-state index in [0.29, 0.717) is 17.0 Å². The SMILES string of the molecule is C=C1C2O[Si](C(C)C)(C(C)C)OOCC2OC1n1cnc2c(N3CCC3)nc(NC(C)=O)nc21. The van der Waals surface area contributed by atoms with Gasteiger partial charge in [-0.2, -0.15) is 9.97 Å². The normalized spacial score (nSPS) is 26.6. The molecular weight excluding hydrogens is 456 g/mol. The Balaban J connectivity index is 1.52. The van der Waals surface area contributed by atoms with Gasteiger partial charge in [0.25, 0.3) is 0 Å². The number of carbonyl (C=O) groups excluding carboxylic acids is 1. The summed E-state index contributed by atoms with van der Waals surface area (Å²) >= 11 is 0. The third kappa shape index (κ3) is 3.73. The molecule has 3 unspecified atom stereocenters. The Bertz CT molecular complexity index is 1110. The average molecular weight is 489 g/mol. The minimum atomic E-state index is -2.70. The van der Waals surface area contributed by atoms with Crippen molar-refractivity contribution in [3.05, 3.63) is 18.5 Å². The standard InChI is InChI=1S/C22H32N6O5Si/c1-12(2)34(13(3)4)32-18-14(5)21(31-16(18)10-30-33-34)28-11-23-17-19(27-8-7-9-27)25-22(24-15(6)29)26-20(17)28/h11-13,16,18,21H,5,7-10H2,1-4,6H3,(H,24,25,26,29). The molecule has 0 saturated carbocycles. The van der Waals surface area contributed by atoms with E-state index < -0.39 is 14.8 Å². The van der Waals surface area contributed by atoms with Crippen LogP contribution >= 0.6 is 0 Å². The Morgan fingerprint density at radius 1 is 1.24 bits per heavy atom. The average Bonchev–Trinajstić information content (AvgIpc) is 3.19. The van der Waals surface area contributed by atoms with E-state index in [0.717, 1.165) is 25.1 Å². The number of fused-ring (bicyclic) bond motifs is 2. The van der Waals surface area contributed by atoms with Gasteiger partial charge in [-0.15, -0.1) is 0 Å². The second-order valence-electron chi connectivity index (χ2n) is 9.76. The number of nitrogens with one attached hydrogen (secondary N) is 1. The lowest BCUT2D eigenvalue weighted by molar-refractivity contribution is -0.240. The topological polar surface area (TPSA) is 113 Å². The molecule has 0 spiro atoms. The number of imidazole rings is 1. The van der Waals surface area contributed by atoms with E-state index in [1.165, 1.54) is 6.92 Å². The predicted octanol–water partition coefficient (Wildman–Crippen LogP) is 3.06. The highest BCUT2D eigenvalue weighted by molar-refractivity contribution is 6.70. The van der Waals surface area contributed by atoms with Crippen LogP contribution in [0.25, 0.3) is 11.2 Å². The number of ether oxygens (including phenoxy) is 1. The highest BCUT2D eigenvalue weighted by Gasteiger charge is 2.55. The molecule has 34 heavy (non-hydrogen) atoms. The minimum absolute atomic E-state index is 0.180. The summed E-state index contributed by atoms with van der Waals surface area (Å²) in [5, 5.41) is 2.71. The summed E-state index contributed by atoms with van der Waals surface area (Å²) in [5.41, 5.74) is 2.35. The van der Waals surface area contributed by atoms with Gasteiger partial charge in [0.05, 0.1) is 6.33 Å². The Morgan fingerprint density at radius 3 is 2.59 bits per heavy atom. The highest BCUT2D eigenvalue weighted by atomic mass is 28.4. The molecule has 1 amide bonds. The molecule has 2 aromatic rings. The molecule has 3 aliphatic rings. The first-order valence-electron chi connectivity index (χ1n) is 11.8. The largest absolute Gasteiger partial charge is 0.382 e. The zero-order chi connectivity index (χ0) is 24.2. The van der Waals surface area contributed by atoms with Gasteiger partial charge < -0.3 is 14.1 Å². The zero-order valence-electron chi connectivity index (χ0n) is 20.3. The van der Waals surface area contributed by atoms with Crippen molar-refractivity contribution in [1.29, 1.82) is 0 Å². The molecule has 0 aliphatic carbocycles. The summed E-state index contributed by atoms with van der Waals surface area (Å²) in [4.78, 5) is 33.3. The van der Waals surface area contributed by atoms with E-state index in [4.69, 9.17) is 18.6 Å². The third-order valence-corrected chi connectivity index (χ3v) is 11.0. The van der Waals surface area contributed by atoms with Crippen LogP contribution in [0, 0.1) is 0 Å². The molecule has 0 radical (unpaired) electrons. The maximum Gasteiger partial charge on any atom is 0.380 e. The summed E-state index contributed by atoms with van der Waals surface area (Å²) < 4.78 is 20.8. The van der Waals surface area contributed by atoms with Gasteiger partial charge in [0.1, 0.15) is 18.8 Å². The van der Waals surface area contributed by atoms with Crippen LogP contribution in [0.15, 0.2) is 18.5 Å². The zero-order valence-corrected chi connectivity index (χ0v) is 21.3. The van der Waals surface area contributed by atoms with Gasteiger partial charge in [0.2, 0.25) is 11.9 Å². The Morgan fingerprint density at radius 2 is 1.97 bits per heavy atom. The van der Waals surface area contributed by atoms with Gasteiger partial charge in [-0.1, -0.05) is 34.3 Å². The number of anilines is 2. The molecule has 12 heteroatoms. The Labute approximate surface area is 199 Å². The van der Waals surface area contributed by atoms with Gasteiger partial charge in [0, 0.05) is 25.6 Å².